The molecule has 45 heavy (non-hydrogen) atoms. The first kappa shape index (κ1) is 31.0. The molecule has 4 aromatic carbocycles. The van der Waals surface area contributed by atoms with E-state index in [1.54, 1.807) is 72.8 Å². The molecule has 1 heterocycles. The van der Waals surface area contributed by atoms with E-state index in [-0.39, 0.29) is 22.3 Å². The Hall–Kier alpha value is -5.45. The van der Waals surface area contributed by atoms with Crippen LogP contribution in [0.3, 0.4) is 0 Å². The van der Waals surface area contributed by atoms with Gasteiger partial charge in [0.15, 0.2) is 18.5 Å². The molecule has 5 rings (SSSR count). The molecule has 1 saturated heterocycles. The molecule has 0 radical (unpaired) electrons. The Bertz CT molecular complexity index is 1660. The fourth-order valence-electron chi connectivity index (χ4n) is 4.84. The van der Waals surface area contributed by atoms with Crippen LogP contribution in [0.1, 0.15) is 41.4 Å². The molecule has 0 saturated carbocycles. The van der Waals surface area contributed by atoms with Crippen LogP contribution >= 0.6 is 0 Å². The van der Waals surface area contributed by atoms with E-state index in [2.05, 4.69) is 0 Å². The second kappa shape index (κ2) is 13.9. The fraction of sp³-hybridized carbons (Fsp3) is 0.171. The lowest BCUT2D eigenvalue weighted by Crippen LogP contribution is -2.58. The molecule has 10 nitrogen and oxygen atoms in total. The van der Waals surface area contributed by atoms with E-state index in [4.69, 9.17) is 23.7 Å². The minimum absolute atomic E-state index is 0.00620. The normalized spacial score (nSPS) is 20.5. The van der Waals surface area contributed by atoms with Crippen molar-refractivity contribution in [1.29, 1.82) is 0 Å². The maximum Gasteiger partial charge on any atom is 0.338 e. The predicted octanol–water partition coefficient (Wildman–Crippen LogP) is 4.49. The van der Waals surface area contributed by atoms with E-state index in [1.807, 2.05) is 0 Å². The lowest BCUT2D eigenvalue weighted by molar-refractivity contribution is -0.190. The van der Waals surface area contributed by atoms with Crippen LogP contribution in [0, 0.1) is 0 Å². The number of benzene rings is 4. The highest BCUT2D eigenvalue weighted by Crippen LogP contribution is 2.39. The molecule has 4 aromatic rings. The van der Waals surface area contributed by atoms with Crippen LogP contribution in [-0.2, 0) is 28.5 Å². The van der Waals surface area contributed by atoms with Crippen LogP contribution in [0.5, 0.6) is 0 Å². The number of carbonyl (C=O) groups excluding carboxylic acids is 5. The maximum absolute atomic E-state index is 14.3. The highest BCUT2D eigenvalue weighted by Gasteiger charge is 2.66. The summed E-state index contributed by atoms with van der Waals surface area (Å²) in [5.41, 5.74) is -2.07. The molecule has 10 heteroatoms. The average molecular weight is 609 g/mol. The van der Waals surface area contributed by atoms with Gasteiger partial charge in [0, 0.05) is 12.7 Å². The van der Waals surface area contributed by atoms with E-state index in [9.17, 15) is 24.0 Å². The summed E-state index contributed by atoms with van der Waals surface area (Å²) in [6.45, 7) is -0.885. The van der Waals surface area contributed by atoms with Gasteiger partial charge in [-0.15, -0.1) is 0 Å². The Kier molecular flexibility index (Phi) is 9.57. The summed E-state index contributed by atoms with van der Waals surface area (Å²) in [7, 11) is 1.22. The smallest absolute Gasteiger partial charge is 0.338 e. The minimum atomic E-state index is -2.48. The first-order chi connectivity index (χ1) is 21.8. The SMILES string of the molecule is COC1O[C@@](COC(=O)c2ccccc2)(C(=O)C(=O)c2ccccc2)[C@@H](OC(=O)c2ccccc2)[C@H]1OC(=O)c1ccccc1. The largest absolute Gasteiger partial charge is 0.458 e. The van der Waals surface area contributed by atoms with E-state index in [0.29, 0.717) is 0 Å². The monoisotopic (exact) mass is 608 g/mol. The number of esters is 3. The number of methoxy groups -OCH3 is 1. The Morgan fingerprint density at radius 2 is 1.02 bits per heavy atom. The number of carbonyl (C=O) groups is 5. The lowest BCUT2D eigenvalue weighted by Gasteiger charge is -2.32. The third-order valence-electron chi connectivity index (χ3n) is 7.13. The number of Topliss-reactive ketones (excluding diaryl/α,β-unsaturated/α-hetero) is 2. The number of ether oxygens (including phenoxy) is 5. The van der Waals surface area contributed by atoms with Crippen molar-refractivity contribution >= 4 is 29.5 Å². The fourth-order valence-corrected chi connectivity index (χ4v) is 4.84. The van der Waals surface area contributed by atoms with Gasteiger partial charge in [0.2, 0.25) is 17.2 Å². The van der Waals surface area contributed by atoms with Crippen molar-refractivity contribution in [2.45, 2.75) is 24.1 Å². The van der Waals surface area contributed by atoms with Crippen LogP contribution < -0.4 is 0 Å². The molecule has 0 aliphatic carbocycles. The summed E-state index contributed by atoms with van der Waals surface area (Å²) in [6, 6.07) is 31.4. The Labute approximate surface area is 258 Å². The lowest BCUT2D eigenvalue weighted by atomic mass is 9.86. The van der Waals surface area contributed by atoms with Gasteiger partial charge in [-0.2, -0.15) is 0 Å². The molecule has 228 valence electrons. The van der Waals surface area contributed by atoms with Crippen molar-refractivity contribution in [1.82, 2.24) is 0 Å². The van der Waals surface area contributed by atoms with Gasteiger partial charge < -0.3 is 23.7 Å². The third-order valence-corrected chi connectivity index (χ3v) is 7.13. The molecule has 1 fully saturated rings. The van der Waals surface area contributed by atoms with E-state index < -0.39 is 60.2 Å². The van der Waals surface area contributed by atoms with E-state index in [0.717, 1.165) is 0 Å². The van der Waals surface area contributed by atoms with Gasteiger partial charge in [-0.1, -0.05) is 84.9 Å². The zero-order valence-corrected chi connectivity index (χ0v) is 24.1. The molecular formula is C35H28O10. The summed E-state index contributed by atoms with van der Waals surface area (Å²) in [5, 5.41) is 0. The van der Waals surface area contributed by atoms with Gasteiger partial charge in [0.05, 0.1) is 16.7 Å². The predicted molar refractivity (Wildman–Crippen MR) is 158 cm³/mol. The van der Waals surface area contributed by atoms with Crippen molar-refractivity contribution in [3.05, 3.63) is 144 Å². The third kappa shape index (κ3) is 6.72. The van der Waals surface area contributed by atoms with Gasteiger partial charge in [0.25, 0.3) is 0 Å². The molecule has 1 aliphatic rings. The van der Waals surface area contributed by atoms with Crippen molar-refractivity contribution < 1.29 is 47.7 Å². The molecule has 4 atom stereocenters. The quantitative estimate of drug-likeness (QED) is 0.104. The Morgan fingerprint density at radius 1 is 0.600 bits per heavy atom. The summed E-state index contributed by atoms with van der Waals surface area (Å²) < 4.78 is 28.7. The van der Waals surface area contributed by atoms with Gasteiger partial charge >= 0.3 is 17.9 Å². The summed E-state index contributed by atoms with van der Waals surface area (Å²) in [5.74, 6) is -4.82. The molecular weight excluding hydrogens is 580 g/mol. The number of ketones is 2. The molecule has 0 bridgehead atoms. The standard InChI is InChI=1S/C35H28O10/c1-41-34-28(43-32(39)25-18-10-4-11-19-25)30(44-33(40)26-20-12-5-13-21-26)35(45-34,22-42-31(38)24-16-8-3-9-17-24)29(37)27(36)23-14-6-2-7-15-23/h2-21,28,30,34H,22H2,1H3/t28-,30+,34?,35+/m1/s1. The van der Waals surface area contributed by atoms with Crippen LogP contribution in [-0.4, -0.2) is 67.3 Å². The van der Waals surface area contributed by atoms with Crippen LogP contribution in [0.25, 0.3) is 0 Å². The average Bonchev–Trinajstić information content (AvgIpc) is 3.40. The van der Waals surface area contributed by atoms with Gasteiger partial charge in [-0.3, -0.25) is 9.59 Å². The number of rotatable bonds is 11. The molecule has 1 unspecified atom stereocenters. The van der Waals surface area contributed by atoms with Gasteiger partial charge in [-0.05, 0) is 36.4 Å². The molecule has 0 N–H and O–H groups in total. The van der Waals surface area contributed by atoms with Crippen LogP contribution in [0.2, 0.25) is 0 Å². The highest BCUT2D eigenvalue weighted by atomic mass is 16.7. The highest BCUT2D eigenvalue weighted by molar-refractivity contribution is 6.46. The van der Waals surface area contributed by atoms with Crippen molar-refractivity contribution in [2.75, 3.05) is 13.7 Å². The van der Waals surface area contributed by atoms with Gasteiger partial charge in [0.1, 0.15) is 6.61 Å². The first-order valence-corrected chi connectivity index (χ1v) is 13.9. The summed E-state index contributed by atoms with van der Waals surface area (Å²) in [6.07, 6.45) is -4.89. The molecule has 1 aliphatic heterocycles. The Morgan fingerprint density at radius 3 is 1.49 bits per heavy atom. The molecule has 0 amide bonds. The number of hydrogen-bond acceptors (Lipinski definition) is 10. The second-order valence-electron chi connectivity index (χ2n) is 10.0. The summed E-state index contributed by atoms with van der Waals surface area (Å²) in [4.78, 5) is 67.6. The van der Waals surface area contributed by atoms with Crippen LogP contribution in [0.15, 0.2) is 121 Å². The summed E-state index contributed by atoms with van der Waals surface area (Å²) >= 11 is 0. The second-order valence-corrected chi connectivity index (χ2v) is 10.0. The minimum Gasteiger partial charge on any atom is -0.458 e. The van der Waals surface area contributed by atoms with Crippen molar-refractivity contribution in [2.24, 2.45) is 0 Å². The Balaban J connectivity index is 1.59. The van der Waals surface area contributed by atoms with Crippen molar-refractivity contribution in [3.8, 4) is 0 Å². The van der Waals surface area contributed by atoms with Crippen molar-refractivity contribution in [3.63, 3.8) is 0 Å². The maximum atomic E-state index is 14.3. The van der Waals surface area contributed by atoms with Crippen LogP contribution in [0.4, 0.5) is 0 Å². The molecule has 0 spiro atoms. The number of hydrogen-bond donors (Lipinski definition) is 0. The first-order valence-electron chi connectivity index (χ1n) is 13.9. The van der Waals surface area contributed by atoms with E-state index in [1.165, 1.54) is 55.6 Å². The topological polar surface area (TPSA) is 132 Å². The zero-order valence-electron chi connectivity index (χ0n) is 24.1. The van der Waals surface area contributed by atoms with Gasteiger partial charge in [-0.25, -0.2) is 14.4 Å². The van der Waals surface area contributed by atoms with E-state index >= 15 is 0 Å². The molecule has 0 aromatic heterocycles. The zero-order chi connectivity index (χ0) is 31.8.